The molecule has 0 aliphatic rings. The van der Waals surface area contributed by atoms with Gasteiger partial charge in [-0.25, -0.2) is 0 Å². The first-order valence-electron chi connectivity index (χ1n) is 4.18. The fourth-order valence-corrected chi connectivity index (χ4v) is 1.51. The van der Waals surface area contributed by atoms with Gasteiger partial charge in [-0.15, -0.1) is 17.8 Å². The summed E-state index contributed by atoms with van der Waals surface area (Å²) in [5.74, 6) is 2.51. The number of hydrogen-bond acceptors (Lipinski definition) is 3. The van der Waals surface area contributed by atoms with Crippen LogP contribution in [0.15, 0.2) is 17.5 Å². The van der Waals surface area contributed by atoms with Crippen LogP contribution in [0.3, 0.4) is 0 Å². The molecule has 0 aliphatic carbocycles. The summed E-state index contributed by atoms with van der Waals surface area (Å²) in [4.78, 5) is 1.26. The van der Waals surface area contributed by atoms with E-state index in [-0.39, 0.29) is 0 Å². The third-order valence-electron chi connectivity index (χ3n) is 1.47. The topological polar surface area (TPSA) is 21.3 Å². The van der Waals surface area contributed by atoms with Gasteiger partial charge in [-0.05, 0) is 11.4 Å². The maximum absolute atomic E-state index is 5.40. The maximum Gasteiger partial charge on any atom is 0.0809 e. The summed E-state index contributed by atoms with van der Waals surface area (Å²) in [6, 6.07) is 4.10. The van der Waals surface area contributed by atoms with Crippen molar-refractivity contribution in [3.63, 3.8) is 0 Å². The highest BCUT2D eigenvalue weighted by Crippen LogP contribution is 2.08. The predicted molar refractivity (Wildman–Crippen MR) is 55.7 cm³/mol. The van der Waals surface area contributed by atoms with Crippen molar-refractivity contribution in [2.45, 2.75) is 6.61 Å². The summed E-state index contributed by atoms with van der Waals surface area (Å²) < 4.78 is 5.40. The molecule has 70 valence electrons. The Morgan fingerprint density at radius 1 is 1.62 bits per heavy atom. The Kier molecular flexibility index (Phi) is 5.27. The number of terminal acetylenes is 1. The van der Waals surface area contributed by atoms with Gasteiger partial charge in [-0.1, -0.05) is 12.0 Å². The van der Waals surface area contributed by atoms with Crippen LogP contribution >= 0.6 is 11.3 Å². The summed E-state index contributed by atoms with van der Waals surface area (Å²) in [6.07, 6.45) is 5.07. The Bertz CT molecular complexity index is 250. The summed E-state index contributed by atoms with van der Waals surface area (Å²) >= 11 is 1.71. The Morgan fingerprint density at radius 3 is 3.23 bits per heavy atom. The van der Waals surface area contributed by atoms with Crippen molar-refractivity contribution < 1.29 is 4.74 Å². The fourth-order valence-electron chi connectivity index (χ4n) is 0.872. The molecular formula is C10H13NOS. The van der Waals surface area contributed by atoms with E-state index in [1.165, 1.54) is 4.88 Å². The van der Waals surface area contributed by atoms with Crippen LogP contribution in [0.1, 0.15) is 4.88 Å². The molecule has 0 spiro atoms. The smallest absolute Gasteiger partial charge is 0.0809 e. The zero-order valence-corrected chi connectivity index (χ0v) is 8.27. The number of rotatable bonds is 6. The molecular weight excluding hydrogens is 182 g/mol. The Morgan fingerprint density at radius 2 is 2.54 bits per heavy atom. The van der Waals surface area contributed by atoms with E-state index in [1.54, 1.807) is 11.3 Å². The van der Waals surface area contributed by atoms with Crippen molar-refractivity contribution in [2.24, 2.45) is 0 Å². The quantitative estimate of drug-likeness (QED) is 0.548. The minimum Gasteiger partial charge on any atom is -0.375 e. The number of nitrogens with one attached hydrogen (secondary N) is 1. The SMILES string of the molecule is C#CCNCCOCc1cccs1. The molecule has 0 fully saturated rings. The maximum atomic E-state index is 5.40. The van der Waals surface area contributed by atoms with Gasteiger partial charge in [0.25, 0.3) is 0 Å². The lowest BCUT2D eigenvalue weighted by molar-refractivity contribution is 0.125. The Labute approximate surface area is 82.9 Å². The van der Waals surface area contributed by atoms with Crippen molar-refractivity contribution >= 4 is 11.3 Å². The molecule has 1 aromatic heterocycles. The summed E-state index contributed by atoms with van der Waals surface area (Å²) in [5.41, 5.74) is 0. The van der Waals surface area contributed by atoms with E-state index in [0.29, 0.717) is 19.8 Å². The molecule has 0 aromatic carbocycles. The normalized spacial score (nSPS) is 9.77. The van der Waals surface area contributed by atoms with E-state index in [0.717, 1.165) is 6.54 Å². The first kappa shape index (κ1) is 10.3. The van der Waals surface area contributed by atoms with Crippen LogP contribution in [-0.2, 0) is 11.3 Å². The van der Waals surface area contributed by atoms with Crippen LogP contribution in [-0.4, -0.2) is 19.7 Å². The first-order chi connectivity index (χ1) is 6.43. The average molecular weight is 195 g/mol. The second-order valence-electron chi connectivity index (χ2n) is 2.51. The van der Waals surface area contributed by atoms with Crippen molar-refractivity contribution in [3.05, 3.63) is 22.4 Å². The fraction of sp³-hybridized carbons (Fsp3) is 0.400. The largest absolute Gasteiger partial charge is 0.375 e. The van der Waals surface area contributed by atoms with Gasteiger partial charge in [0.15, 0.2) is 0 Å². The molecule has 1 aromatic rings. The van der Waals surface area contributed by atoms with Gasteiger partial charge in [-0.3, -0.25) is 0 Å². The van der Waals surface area contributed by atoms with E-state index in [1.807, 2.05) is 6.07 Å². The van der Waals surface area contributed by atoms with Crippen LogP contribution in [0.25, 0.3) is 0 Å². The standard InChI is InChI=1S/C10H13NOS/c1-2-5-11-6-7-12-9-10-4-3-8-13-10/h1,3-4,8,11H,5-7,9H2. The molecule has 0 bridgehead atoms. The van der Waals surface area contributed by atoms with Gasteiger partial charge >= 0.3 is 0 Å². The number of hydrogen-bond donors (Lipinski definition) is 1. The monoisotopic (exact) mass is 195 g/mol. The van der Waals surface area contributed by atoms with Crippen molar-refractivity contribution in [2.75, 3.05) is 19.7 Å². The van der Waals surface area contributed by atoms with Crippen LogP contribution in [0.2, 0.25) is 0 Å². The summed E-state index contributed by atoms with van der Waals surface area (Å²) in [7, 11) is 0. The molecule has 3 heteroatoms. The highest BCUT2D eigenvalue weighted by atomic mass is 32.1. The molecule has 0 unspecified atom stereocenters. The second kappa shape index (κ2) is 6.67. The minimum absolute atomic E-state index is 0.613. The Hall–Kier alpha value is -0.820. The van der Waals surface area contributed by atoms with E-state index < -0.39 is 0 Å². The molecule has 1 N–H and O–H groups in total. The zero-order chi connectivity index (χ0) is 9.36. The van der Waals surface area contributed by atoms with E-state index in [4.69, 9.17) is 11.2 Å². The van der Waals surface area contributed by atoms with Crippen LogP contribution in [0.5, 0.6) is 0 Å². The van der Waals surface area contributed by atoms with Gasteiger partial charge in [0.05, 0.1) is 19.8 Å². The summed E-state index contributed by atoms with van der Waals surface area (Å²) in [6.45, 7) is 2.84. The lowest BCUT2D eigenvalue weighted by Gasteiger charge is -2.01. The molecule has 0 atom stereocenters. The number of ether oxygens (including phenoxy) is 1. The Balaban J connectivity index is 1.94. The predicted octanol–water partition coefficient (Wildman–Crippen LogP) is 1.49. The van der Waals surface area contributed by atoms with Crippen LogP contribution in [0.4, 0.5) is 0 Å². The molecule has 0 saturated heterocycles. The van der Waals surface area contributed by atoms with Gasteiger partial charge < -0.3 is 10.1 Å². The second-order valence-corrected chi connectivity index (χ2v) is 3.55. The summed E-state index contributed by atoms with van der Waals surface area (Å²) in [5, 5.41) is 5.11. The van der Waals surface area contributed by atoms with Crippen molar-refractivity contribution in [1.29, 1.82) is 0 Å². The van der Waals surface area contributed by atoms with E-state index >= 15 is 0 Å². The highest BCUT2D eigenvalue weighted by molar-refractivity contribution is 7.09. The molecule has 0 aliphatic heterocycles. The van der Waals surface area contributed by atoms with Crippen LogP contribution < -0.4 is 5.32 Å². The lowest BCUT2D eigenvalue weighted by atomic mass is 10.5. The molecule has 2 nitrogen and oxygen atoms in total. The zero-order valence-electron chi connectivity index (χ0n) is 7.45. The third-order valence-corrected chi connectivity index (χ3v) is 2.32. The van der Waals surface area contributed by atoms with E-state index in [2.05, 4.69) is 22.7 Å². The first-order valence-corrected chi connectivity index (χ1v) is 5.06. The van der Waals surface area contributed by atoms with Gasteiger partial charge in [-0.2, -0.15) is 0 Å². The van der Waals surface area contributed by atoms with Gasteiger partial charge in [0, 0.05) is 11.4 Å². The highest BCUT2D eigenvalue weighted by Gasteiger charge is 1.92. The molecule has 0 saturated carbocycles. The molecule has 1 rings (SSSR count). The molecule has 13 heavy (non-hydrogen) atoms. The van der Waals surface area contributed by atoms with Crippen molar-refractivity contribution in [1.82, 2.24) is 5.32 Å². The van der Waals surface area contributed by atoms with Gasteiger partial charge in [0.2, 0.25) is 0 Å². The minimum atomic E-state index is 0.613. The molecule has 0 amide bonds. The number of thiophene rings is 1. The molecule has 0 radical (unpaired) electrons. The third kappa shape index (κ3) is 4.69. The molecule has 1 heterocycles. The van der Waals surface area contributed by atoms with E-state index in [9.17, 15) is 0 Å². The van der Waals surface area contributed by atoms with Crippen LogP contribution in [0, 0.1) is 12.3 Å². The lowest BCUT2D eigenvalue weighted by Crippen LogP contribution is -2.19. The van der Waals surface area contributed by atoms with Crippen molar-refractivity contribution in [3.8, 4) is 12.3 Å². The van der Waals surface area contributed by atoms with Gasteiger partial charge in [0.1, 0.15) is 0 Å². The average Bonchev–Trinajstić information content (AvgIpc) is 2.63.